The fourth-order valence-electron chi connectivity index (χ4n) is 3.02. The summed E-state index contributed by atoms with van der Waals surface area (Å²) in [5.74, 6) is -3.99. The van der Waals surface area contributed by atoms with Crippen molar-refractivity contribution < 1.29 is 32.6 Å². The molecule has 0 atom stereocenters. The van der Waals surface area contributed by atoms with Crippen LogP contribution in [0.5, 0.6) is 5.75 Å². The molecule has 5 nitrogen and oxygen atoms in total. The minimum Gasteiger partial charge on any atom is -0.487 e. The SMILES string of the molecule is CCCCOC(=O)c1ccc(OC2CCC(C(=O)OCC)CC2)c(F)c1F. The molecule has 27 heavy (non-hydrogen) atoms. The van der Waals surface area contributed by atoms with Crippen LogP contribution in [0, 0.1) is 17.6 Å². The lowest BCUT2D eigenvalue weighted by Crippen LogP contribution is -2.29. The Hall–Kier alpha value is -2.18. The molecular formula is C20H26F2O5. The summed E-state index contributed by atoms with van der Waals surface area (Å²) in [4.78, 5) is 23.6. The van der Waals surface area contributed by atoms with Crippen molar-refractivity contribution in [2.24, 2.45) is 5.92 Å². The summed E-state index contributed by atoms with van der Waals surface area (Å²) < 4.78 is 44.0. The van der Waals surface area contributed by atoms with Gasteiger partial charge in [-0.15, -0.1) is 0 Å². The molecular weight excluding hydrogens is 358 g/mol. The van der Waals surface area contributed by atoms with Gasteiger partial charge in [-0.3, -0.25) is 4.79 Å². The first-order valence-electron chi connectivity index (χ1n) is 9.46. The predicted molar refractivity (Wildman–Crippen MR) is 94.6 cm³/mol. The van der Waals surface area contributed by atoms with Gasteiger partial charge in [-0.05, 0) is 51.2 Å². The van der Waals surface area contributed by atoms with Crippen molar-refractivity contribution in [1.82, 2.24) is 0 Å². The second kappa shape index (κ2) is 10.2. The minimum atomic E-state index is -1.27. The van der Waals surface area contributed by atoms with Crippen LogP contribution >= 0.6 is 0 Å². The van der Waals surface area contributed by atoms with Crippen LogP contribution in [-0.2, 0) is 14.3 Å². The molecule has 1 saturated carbocycles. The van der Waals surface area contributed by atoms with Gasteiger partial charge >= 0.3 is 11.9 Å². The molecule has 2 rings (SSSR count). The summed E-state index contributed by atoms with van der Waals surface area (Å²) in [6.07, 6.45) is 3.43. The molecule has 1 aliphatic carbocycles. The van der Waals surface area contributed by atoms with Gasteiger partial charge in [0.1, 0.15) is 0 Å². The zero-order chi connectivity index (χ0) is 19.8. The molecule has 0 saturated heterocycles. The van der Waals surface area contributed by atoms with E-state index < -0.39 is 23.2 Å². The molecule has 1 aromatic carbocycles. The standard InChI is InChI=1S/C20H26F2O5/c1-3-5-12-26-20(24)15-10-11-16(18(22)17(15)21)27-14-8-6-13(7-9-14)19(23)25-4-2/h10-11,13-14H,3-9,12H2,1-2H3. The van der Waals surface area contributed by atoms with Crippen molar-refractivity contribution in [3.8, 4) is 5.75 Å². The highest BCUT2D eigenvalue weighted by Crippen LogP contribution is 2.31. The molecule has 0 radical (unpaired) electrons. The van der Waals surface area contributed by atoms with E-state index in [-0.39, 0.29) is 30.3 Å². The highest BCUT2D eigenvalue weighted by Gasteiger charge is 2.29. The number of unbranched alkanes of at least 4 members (excludes halogenated alkanes) is 1. The smallest absolute Gasteiger partial charge is 0.341 e. The predicted octanol–water partition coefficient (Wildman–Crippen LogP) is 4.42. The Labute approximate surface area is 158 Å². The summed E-state index contributed by atoms with van der Waals surface area (Å²) in [5.41, 5.74) is -0.443. The van der Waals surface area contributed by atoms with Gasteiger partial charge in [0.25, 0.3) is 0 Å². The van der Waals surface area contributed by atoms with E-state index in [2.05, 4.69) is 0 Å². The number of rotatable bonds is 8. The maximum atomic E-state index is 14.3. The van der Waals surface area contributed by atoms with Crippen molar-refractivity contribution in [2.45, 2.75) is 58.5 Å². The topological polar surface area (TPSA) is 61.8 Å². The highest BCUT2D eigenvalue weighted by molar-refractivity contribution is 5.89. The van der Waals surface area contributed by atoms with Crippen molar-refractivity contribution in [1.29, 1.82) is 0 Å². The molecule has 150 valence electrons. The molecule has 0 aromatic heterocycles. The molecule has 0 spiro atoms. The van der Waals surface area contributed by atoms with Crippen LogP contribution in [0.3, 0.4) is 0 Å². The fourth-order valence-corrected chi connectivity index (χ4v) is 3.02. The van der Waals surface area contributed by atoms with Crippen LogP contribution in [0.15, 0.2) is 12.1 Å². The van der Waals surface area contributed by atoms with Gasteiger partial charge in [0.2, 0.25) is 5.82 Å². The number of hydrogen-bond acceptors (Lipinski definition) is 5. The third kappa shape index (κ3) is 5.65. The van der Waals surface area contributed by atoms with Gasteiger partial charge in [0.05, 0.1) is 30.8 Å². The number of carbonyl (C=O) groups excluding carboxylic acids is 2. The van der Waals surface area contributed by atoms with Crippen LogP contribution in [0.25, 0.3) is 0 Å². The number of hydrogen-bond donors (Lipinski definition) is 0. The summed E-state index contributed by atoms with van der Waals surface area (Å²) in [5, 5.41) is 0. The van der Waals surface area contributed by atoms with Crippen molar-refractivity contribution in [2.75, 3.05) is 13.2 Å². The van der Waals surface area contributed by atoms with E-state index in [1.807, 2.05) is 6.92 Å². The van der Waals surface area contributed by atoms with Gasteiger partial charge in [0, 0.05) is 0 Å². The van der Waals surface area contributed by atoms with E-state index in [1.54, 1.807) is 6.92 Å². The molecule has 0 amide bonds. The average Bonchev–Trinajstić information content (AvgIpc) is 2.66. The van der Waals surface area contributed by atoms with E-state index in [9.17, 15) is 18.4 Å². The summed E-state index contributed by atoms with van der Waals surface area (Å²) in [6, 6.07) is 2.42. The Morgan fingerprint density at radius 3 is 2.37 bits per heavy atom. The number of ether oxygens (including phenoxy) is 3. The van der Waals surface area contributed by atoms with Crippen LogP contribution in [0.2, 0.25) is 0 Å². The minimum absolute atomic E-state index is 0.165. The molecule has 1 fully saturated rings. The Kier molecular flexibility index (Phi) is 8.00. The lowest BCUT2D eigenvalue weighted by atomic mass is 9.87. The molecule has 0 unspecified atom stereocenters. The molecule has 0 bridgehead atoms. The van der Waals surface area contributed by atoms with E-state index in [1.165, 1.54) is 12.1 Å². The monoisotopic (exact) mass is 384 g/mol. The second-order valence-corrected chi connectivity index (χ2v) is 6.57. The van der Waals surface area contributed by atoms with Crippen LogP contribution in [0.4, 0.5) is 8.78 Å². The van der Waals surface area contributed by atoms with Crippen LogP contribution < -0.4 is 4.74 Å². The Balaban J connectivity index is 1.95. The Morgan fingerprint density at radius 1 is 1.04 bits per heavy atom. The zero-order valence-electron chi connectivity index (χ0n) is 15.8. The average molecular weight is 384 g/mol. The summed E-state index contributed by atoms with van der Waals surface area (Å²) in [7, 11) is 0. The third-order valence-corrected chi connectivity index (χ3v) is 4.59. The number of benzene rings is 1. The van der Waals surface area contributed by atoms with Gasteiger partial charge in [-0.25, -0.2) is 9.18 Å². The summed E-state index contributed by atoms with van der Waals surface area (Å²) >= 11 is 0. The number of carbonyl (C=O) groups is 2. The maximum absolute atomic E-state index is 14.3. The Bertz CT molecular complexity index is 654. The van der Waals surface area contributed by atoms with Crippen LogP contribution in [0.1, 0.15) is 62.7 Å². The number of halogens is 2. The van der Waals surface area contributed by atoms with E-state index in [4.69, 9.17) is 14.2 Å². The van der Waals surface area contributed by atoms with Crippen LogP contribution in [-0.4, -0.2) is 31.3 Å². The molecule has 7 heteroatoms. The summed E-state index contributed by atoms with van der Waals surface area (Å²) in [6.45, 7) is 4.19. The lowest BCUT2D eigenvalue weighted by molar-refractivity contribution is -0.149. The molecule has 0 N–H and O–H groups in total. The zero-order valence-corrected chi connectivity index (χ0v) is 15.8. The van der Waals surface area contributed by atoms with Gasteiger partial charge in [-0.1, -0.05) is 13.3 Å². The Morgan fingerprint density at radius 2 is 1.74 bits per heavy atom. The third-order valence-electron chi connectivity index (χ3n) is 4.59. The molecule has 1 aromatic rings. The molecule has 0 heterocycles. The highest BCUT2D eigenvalue weighted by atomic mass is 19.2. The second-order valence-electron chi connectivity index (χ2n) is 6.57. The number of esters is 2. The fraction of sp³-hybridized carbons (Fsp3) is 0.600. The van der Waals surface area contributed by atoms with Gasteiger partial charge < -0.3 is 14.2 Å². The van der Waals surface area contributed by atoms with E-state index in [0.29, 0.717) is 38.7 Å². The van der Waals surface area contributed by atoms with Gasteiger partial charge in [0.15, 0.2) is 11.6 Å². The first-order valence-corrected chi connectivity index (χ1v) is 9.46. The molecule has 0 aliphatic heterocycles. The first-order chi connectivity index (χ1) is 13.0. The van der Waals surface area contributed by atoms with E-state index in [0.717, 1.165) is 6.42 Å². The maximum Gasteiger partial charge on any atom is 0.341 e. The van der Waals surface area contributed by atoms with E-state index >= 15 is 0 Å². The lowest BCUT2D eigenvalue weighted by Gasteiger charge is -2.28. The molecule has 1 aliphatic rings. The normalized spacial score (nSPS) is 19.4. The van der Waals surface area contributed by atoms with Crippen molar-refractivity contribution in [3.05, 3.63) is 29.3 Å². The van der Waals surface area contributed by atoms with Crippen molar-refractivity contribution >= 4 is 11.9 Å². The quantitative estimate of drug-likeness (QED) is 0.490. The van der Waals surface area contributed by atoms with Gasteiger partial charge in [-0.2, -0.15) is 4.39 Å². The first kappa shape index (κ1) is 21.1. The largest absolute Gasteiger partial charge is 0.487 e. The van der Waals surface area contributed by atoms with Crippen molar-refractivity contribution in [3.63, 3.8) is 0 Å².